The van der Waals surface area contributed by atoms with Gasteiger partial charge in [-0.05, 0) is 25.5 Å². The first-order valence-electron chi connectivity index (χ1n) is 10.9. The summed E-state index contributed by atoms with van der Waals surface area (Å²) in [5.74, 6) is -4.22. The fourth-order valence-electron chi connectivity index (χ4n) is 4.13. The highest BCUT2D eigenvalue weighted by Crippen LogP contribution is 2.33. The maximum atomic E-state index is 15.1. The molecule has 14 heteroatoms. The summed E-state index contributed by atoms with van der Waals surface area (Å²) in [5, 5.41) is 8.30. The van der Waals surface area contributed by atoms with Gasteiger partial charge >= 0.3 is 0 Å². The minimum Gasteiger partial charge on any atom is -0.483 e. The molecule has 0 amide bonds. The molecule has 1 aliphatic heterocycles. The van der Waals surface area contributed by atoms with Gasteiger partial charge in [-0.15, -0.1) is 11.3 Å². The van der Waals surface area contributed by atoms with Gasteiger partial charge in [-0.2, -0.15) is 0 Å². The van der Waals surface area contributed by atoms with Crippen LogP contribution >= 0.6 is 11.3 Å². The SMILES string of the molecule is Cc1c(N(C)[C@H]2CCN(Cc3cccc(F)c3F)C2)cc(F)c(S(=O)(=O)Nc2cscn2)c1F.O=CO. The van der Waals surface area contributed by atoms with Gasteiger partial charge in [0, 0.05) is 54.9 Å². The third kappa shape index (κ3) is 6.37. The predicted octanol–water partition coefficient (Wildman–Crippen LogP) is 4.22. The van der Waals surface area contributed by atoms with Crippen molar-refractivity contribution in [2.75, 3.05) is 29.8 Å². The van der Waals surface area contributed by atoms with Crippen LogP contribution in [-0.2, 0) is 21.4 Å². The largest absolute Gasteiger partial charge is 0.483 e. The fraction of sp³-hybridized carbons (Fsp3) is 0.304. The van der Waals surface area contributed by atoms with Gasteiger partial charge in [0.2, 0.25) is 0 Å². The zero-order valence-corrected chi connectivity index (χ0v) is 21.4. The highest BCUT2D eigenvalue weighted by molar-refractivity contribution is 7.92. The molecule has 0 aliphatic carbocycles. The zero-order valence-electron chi connectivity index (χ0n) is 19.8. The van der Waals surface area contributed by atoms with Crippen molar-refractivity contribution in [3.8, 4) is 0 Å². The first-order valence-corrected chi connectivity index (χ1v) is 13.3. The molecule has 2 heterocycles. The summed E-state index contributed by atoms with van der Waals surface area (Å²) in [6, 6.07) is 4.86. The van der Waals surface area contributed by atoms with Crippen LogP contribution in [0.4, 0.5) is 29.1 Å². The molecule has 2 N–H and O–H groups in total. The average Bonchev–Trinajstić information content (AvgIpc) is 3.51. The number of carboxylic acid groups (broad SMARTS) is 1. The van der Waals surface area contributed by atoms with Gasteiger partial charge in [-0.25, -0.2) is 31.0 Å². The summed E-state index contributed by atoms with van der Waals surface area (Å²) in [6.07, 6.45) is 0.627. The fourth-order valence-corrected chi connectivity index (χ4v) is 5.88. The van der Waals surface area contributed by atoms with E-state index in [1.807, 2.05) is 4.90 Å². The van der Waals surface area contributed by atoms with E-state index in [-0.39, 0.29) is 41.7 Å². The van der Waals surface area contributed by atoms with Crippen molar-refractivity contribution in [3.63, 3.8) is 0 Å². The van der Waals surface area contributed by atoms with Crippen LogP contribution in [0.25, 0.3) is 0 Å². The Kier molecular flexibility index (Phi) is 9.10. The minimum absolute atomic E-state index is 0.0165. The molecular weight excluding hydrogens is 536 g/mol. The summed E-state index contributed by atoms with van der Waals surface area (Å²) in [7, 11) is -2.86. The van der Waals surface area contributed by atoms with Crippen LogP contribution in [0.2, 0.25) is 0 Å². The first-order chi connectivity index (χ1) is 17.5. The number of aromatic nitrogens is 1. The third-order valence-corrected chi connectivity index (χ3v) is 7.91. The van der Waals surface area contributed by atoms with Crippen LogP contribution in [-0.4, -0.2) is 56.1 Å². The number of halogens is 4. The minimum atomic E-state index is -4.53. The molecule has 4 rings (SSSR count). The smallest absolute Gasteiger partial charge is 0.290 e. The van der Waals surface area contributed by atoms with Gasteiger partial charge in [-0.1, -0.05) is 12.1 Å². The van der Waals surface area contributed by atoms with E-state index in [1.165, 1.54) is 29.9 Å². The summed E-state index contributed by atoms with van der Waals surface area (Å²) >= 11 is 1.13. The monoisotopic (exact) mass is 560 g/mol. The lowest BCUT2D eigenvalue weighted by molar-refractivity contribution is -0.122. The molecule has 1 fully saturated rings. The van der Waals surface area contributed by atoms with Crippen LogP contribution in [0.5, 0.6) is 0 Å². The number of carbonyl (C=O) groups is 1. The van der Waals surface area contributed by atoms with Crippen molar-refractivity contribution >= 4 is 39.3 Å². The zero-order chi connectivity index (χ0) is 27.3. The van der Waals surface area contributed by atoms with Crippen molar-refractivity contribution in [2.45, 2.75) is 30.8 Å². The van der Waals surface area contributed by atoms with Crippen LogP contribution in [0, 0.1) is 30.2 Å². The molecular formula is C23H24F4N4O4S2. The number of hydrogen-bond acceptors (Lipinski definition) is 7. The van der Waals surface area contributed by atoms with E-state index in [9.17, 15) is 21.6 Å². The van der Waals surface area contributed by atoms with Crippen LogP contribution < -0.4 is 9.62 Å². The Bertz CT molecular complexity index is 1360. The van der Waals surface area contributed by atoms with Crippen LogP contribution in [0.15, 0.2) is 40.1 Å². The number of hydrogen-bond donors (Lipinski definition) is 2. The van der Waals surface area contributed by atoms with Gasteiger partial charge < -0.3 is 10.0 Å². The molecule has 8 nitrogen and oxygen atoms in total. The number of sulfonamides is 1. The lowest BCUT2D eigenvalue weighted by Gasteiger charge is -2.29. The average molecular weight is 561 g/mol. The van der Waals surface area contributed by atoms with E-state index in [0.29, 0.717) is 19.5 Å². The highest BCUT2D eigenvalue weighted by Gasteiger charge is 2.32. The molecule has 0 spiro atoms. The maximum Gasteiger partial charge on any atom is 0.290 e. The lowest BCUT2D eigenvalue weighted by atomic mass is 10.1. The molecule has 0 unspecified atom stereocenters. The van der Waals surface area contributed by atoms with Crippen LogP contribution in [0.3, 0.4) is 0 Å². The molecule has 1 atom stereocenters. The number of anilines is 2. The normalized spacial score (nSPS) is 15.7. The molecule has 1 aromatic heterocycles. The molecule has 3 aromatic rings. The summed E-state index contributed by atoms with van der Waals surface area (Å²) < 4.78 is 84.9. The van der Waals surface area contributed by atoms with E-state index in [2.05, 4.69) is 9.71 Å². The molecule has 2 aromatic carbocycles. The quantitative estimate of drug-likeness (QED) is 0.330. The van der Waals surface area contributed by atoms with E-state index < -0.39 is 38.2 Å². The number of nitrogens with zero attached hydrogens (tertiary/aromatic N) is 3. The van der Waals surface area contributed by atoms with Gasteiger partial charge in [0.25, 0.3) is 16.5 Å². The first kappa shape index (κ1) is 28.3. The van der Waals surface area contributed by atoms with E-state index in [4.69, 9.17) is 9.90 Å². The number of likely N-dealkylation sites (tertiary alicyclic amines) is 1. The Hall–Kier alpha value is -3.23. The van der Waals surface area contributed by atoms with Crippen molar-refractivity contribution in [1.29, 1.82) is 0 Å². The number of rotatable bonds is 7. The number of nitrogens with one attached hydrogen (secondary N) is 1. The number of thiazole rings is 1. The van der Waals surface area contributed by atoms with E-state index >= 15 is 4.39 Å². The van der Waals surface area contributed by atoms with Crippen LogP contribution in [0.1, 0.15) is 17.5 Å². The molecule has 0 radical (unpaired) electrons. The van der Waals surface area contributed by atoms with Crippen molar-refractivity contribution in [2.24, 2.45) is 0 Å². The molecule has 0 bridgehead atoms. The predicted molar refractivity (Wildman–Crippen MR) is 131 cm³/mol. The van der Waals surface area contributed by atoms with Gasteiger partial charge in [0.1, 0.15) is 5.82 Å². The Morgan fingerprint density at radius 1 is 1.24 bits per heavy atom. The standard InChI is InChI=1S/C22H22F4N4O2S2.CH2O2/c1-13-18(8-17(24)22(20(13)25)34(31,32)28-19-11-33-12-27-19)29(2)15-6-7-30(10-15)9-14-4-3-5-16(23)21(14)26;2-1-3/h3-5,8,11-12,15,28H,6-7,9-10H2,1-2H3;1H,(H,2,3)/t15-;/m0./s1. The summed E-state index contributed by atoms with van der Waals surface area (Å²) in [5.41, 5.74) is 1.82. The summed E-state index contributed by atoms with van der Waals surface area (Å²) in [6.45, 7) is 2.38. The molecule has 1 aliphatic rings. The van der Waals surface area contributed by atoms with E-state index in [0.717, 1.165) is 23.5 Å². The van der Waals surface area contributed by atoms with Gasteiger partial charge in [-0.3, -0.25) is 14.4 Å². The molecule has 37 heavy (non-hydrogen) atoms. The van der Waals surface area contributed by atoms with E-state index in [1.54, 1.807) is 11.9 Å². The van der Waals surface area contributed by atoms with Crippen molar-refractivity contribution in [3.05, 3.63) is 69.6 Å². The van der Waals surface area contributed by atoms with Gasteiger partial charge in [0.05, 0.1) is 5.51 Å². The second-order valence-electron chi connectivity index (χ2n) is 8.23. The van der Waals surface area contributed by atoms with Crippen molar-refractivity contribution < 1.29 is 35.9 Å². The highest BCUT2D eigenvalue weighted by atomic mass is 32.2. The molecule has 200 valence electrons. The third-order valence-electron chi connectivity index (χ3n) is 5.93. The van der Waals surface area contributed by atoms with Crippen molar-refractivity contribution in [1.82, 2.24) is 9.88 Å². The lowest BCUT2D eigenvalue weighted by Crippen LogP contribution is -2.35. The maximum absolute atomic E-state index is 15.1. The van der Waals surface area contributed by atoms with Gasteiger partial charge in [0.15, 0.2) is 28.2 Å². The Morgan fingerprint density at radius 3 is 2.59 bits per heavy atom. The Balaban J connectivity index is 0.00000121. The summed E-state index contributed by atoms with van der Waals surface area (Å²) in [4.78, 5) is 14.7. The molecule has 1 saturated heterocycles. The topological polar surface area (TPSA) is 103 Å². The Labute approximate surface area is 215 Å². The second kappa shape index (κ2) is 11.9. The number of benzene rings is 2. The molecule has 0 saturated carbocycles. The number of likely N-dealkylation sites (N-methyl/N-ethyl adjacent to an activating group) is 1. The Morgan fingerprint density at radius 2 is 1.95 bits per heavy atom. The second-order valence-corrected chi connectivity index (χ2v) is 10.6.